The maximum atomic E-state index is 12.0. The molecule has 2 aromatic rings. The number of halogens is 1. The Morgan fingerprint density at radius 3 is 2.48 bits per heavy atom. The molecule has 0 saturated heterocycles. The summed E-state index contributed by atoms with van der Waals surface area (Å²) in [6.07, 6.45) is 3.27. The largest absolute Gasteiger partial charge is 1.00 e. The smallest absolute Gasteiger partial charge is 0.323 e. The average molecular weight is 334 g/mol. The lowest BCUT2D eigenvalue weighted by molar-refractivity contribution is -0.00000757. The molecule has 1 aromatic carbocycles. The molecule has 2 rings (SSSR count). The summed E-state index contributed by atoms with van der Waals surface area (Å²) in [5.74, 6) is 0. The summed E-state index contributed by atoms with van der Waals surface area (Å²) in [4.78, 5) is 18.2. The monoisotopic (exact) mass is 333 g/mol. The van der Waals surface area contributed by atoms with E-state index in [9.17, 15) is 4.79 Å². The molecule has 23 heavy (non-hydrogen) atoms. The fourth-order valence-electron chi connectivity index (χ4n) is 2.29. The second kappa shape index (κ2) is 9.00. The molecular weight excluding hydrogens is 312 g/mol. The van der Waals surface area contributed by atoms with Crippen molar-refractivity contribution in [3.63, 3.8) is 0 Å². The van der Waals surface area contributed by atoms with Crippen LogP contribution in [0.5, 0.6) is 0 Å². The van der Waals surface area contributed by atoms with Gasteiger partial charge in [0.2, 0.25) is 0 Å². The van der Waals surface area contributed by atoms with E-state index in [1.165, 1.54) is 5.69 Å². The summed E-state index contributed by atoms with van der Waals surface area (Å²) < 4.78 is 0. The van der Waals surface area contributed by atoms with Gasteiger partial charge in [-0.25, -0.2) is 4.79 Å². The zero-order valence-electron chi connectivity index (χ0n) is 13.6. The number of hydrogen-bond donors (Lipinski definition) is 2. The first kappa shape index (κ1) is 18.8. The number of nitrogens with zero attached hydrogens (tertiary/aromatic N) is 2. The van der Waals surface area contributed by atoms with Crippen LogP contribution in [-0.4, -0.2) is 24.1 Å². The van der Waals surface area contributed by atoms with Crippen molar-refractivity contribution in [2.45, 2.75) is 20.8 Å². The van der Waals surface area contributed by atoms with Gasteiger partial charge in [0.15, 0.2) is 0 Å². The van der Waals surface area contributed by atoms with Crippen molar-refractivity contribution < 1.29 is 17.2 Å². The number of amides is 2. The molecule has 6 heteroatoms. The predicted molar refractivity (Wildman–Crippen MR) is 91.6 cm³/mol. The predicted octanol–water partition coefficient (Wildman–Crippen LogP) is 0.884. The maximum absolute atomic E-state index is 12.0. The molecule has 0 fully saturated rings. The van der Waals surface area contributed by atoms with Gasteiger partial charge in [0.25, 0.3) is 0 Å². The van der Waals surface area contributed by atoms with Crippen LogP contribution in [0.2, 0.25) is 0 Å². The summed E-state index contributed by atoms with van der Waals surface area (Å²) in [7, 11) is 0. The second-order valence-electron chi connectivity index (χ2n) is 4.99. The zero-order valence-corrected chi connectivity index (χ0v) is 14.4. The van der Waals surface area contributed by atoms with Crippen molar-refractivity contribution in [3.8, 4) is 0 Å². The van der Waals surface area contributed by atoms with Crippen LogP contribution in [0.25, 0.3) is 0 Å². The molecule has 0 bridgehead atoms. The number of hydrogen-bond acceptors (Lipinski definition) is 3. The molecule has 0 saturated carbocycles. The highest BCUT2D eigenvalue weighted by Crippen LogP contribution is 2.22. The summed E-state index contributed by atoms with van der Waals surface area (Å²) >= 11 is 0. The van der Waals surface area contributed by atoms with E-state index in [-0.39, 0.29) is 18.4 Å². The highest BCUT2D eigenvalue weighted by atomic mass is 35.5. The molecule has 0 aliphatic rings. The number of pyridine rings is 1. The quantitative estimate of drug-likeness (QED) is 0.854. The molecule has 0 radical (unpaired) electrons. The third-order valence-electron chi connectivity index (χ3n) is 3.51. The van der Waals surface area contributed by atoms with Crippen LogP contribution < -0.4 is 27.9 Å². The number of aryl methyl sites for hydroxylation is 1. The highest BCUT2D eigenvalue weighted by Gasteiger charge is 2.08. The Bertz CT molecular complexity index is 630. The van der Waals surface area contributed by atoms with E-state index in [0.29, 0.717) is 5.69 Å². The minimum atomic E-state index is -0.272. The molecule has 0 atom stereocenters. The van der Waals surface area contributed by atoms with Crippen molar-refractivity contribution in [2.24, 2.45) is 0 Å². The van der Waals surface area contributed by atoms with Crippen molar-refractivity contribution in [1.29, 1.82) is 0 Å². The van der Waals surface area contributed by atoms with Gasteiger partial charge in [0, 0.05) is 30.7 Å². The lowest BCUT2D eigenvalue weighted by Gasteiger charge is -2.22. The van der Waals surface area contributed by atoms with Gasteiger partial charge in [0.05, 0.1) is 11.9 Å². The molecule has 2 N–H and O–H groups in total. The topological polar surface area (TPSA) is 57.3 Å². The third-order valence-corrected chi connectivity index (χ3v) is 3.51. The Morgan fingerprint density at radius 1 is 1.17 bits per heavy atom. The Hall–Kier alpha value is -2.27. The number of carbonyl (C=O) groups excluding carboxylic acids is 1. The summed E-state index contributed by atoms with van der Waals surface area (Å²) in [6.45, 7) is 8.18. The van der Waals surface area contributed by atoms with Crippen molar-refractivity contribution in [2.75, 3.05) is 28.6 Å². The molecule has 2 amide bonds. The van der Waals surface area contributed by atoms with Gasteiger partial charge < -0.3 is 27.9 Å². The van der Waals surface area contributed by atoms with Crippen molar-refractivity contribution in [1.82, 2.24) is 4.98 Å². The number of urea groups is 1. The lowest BCUT2D eigenvalue weighted by atomic mass is 10.1. The van der Waals surface area contributed by atoms with Gasteiger partial charge in [-0.15, -0.1) is 0 Å². The Labute approximate surface area is 143 Å². The fraction of sp³-hybridized carbons (Fsp3) is 0.294. The molecule has 1 heterocycles. The van der Waals surface area contributed by atoms with Gasteiger partial charge in [-0.2, -0.15) is 0 Å². The molecule has 0 unspecified atom stereocenters. The molecule has 124 valence electrons. The number of rotatable bonds is 5. The zero-order chi connectivity index (χ0) is 15.9. The van der Waals surface area contributed by atoms with Gasteiger partial charge in [-0.3, -0.25) is 4.98 Å². The van der Waals surface area contributed by atoms with E-state index in [4.69, 9.17) is 0 Å². The van der Waals surface area contributed by atoms with E-state index < -0.39 is 0 Å². The van der Waals surface area contributed by atoms with E-state index in [1.54, 1.807) is 24.5 Å². The van der Waals surface area contributed by atoms with Crippen molar-refractivity contribution in [3.05, 3.63) is 48.3 Å². The van der Waals surface area contributed by atoms with E-state index >= 15 is 0 Å². The van der Waals surface area contributed by atoms with Crippen molar-refractivity contribution >= 4 is 23.1 Å². The van der Waals surface area contributed by atoms with Crippen LogP contribution in [0, 0.1) is 6.92 Å². The van der Waals surface area contributed by atoms with E-state index in [0.717, 1.165) is 24.3 Å². The first-order valence-corrected chi connectivity index (χ1v) is 7.47. The summed E-state index contributed by atoms with van der Waals surface area (Å²) in [6, 6.07) is 9.35. The van der Waals surface area contributed by atoms with Crippen LogP contribution in [0.15, 0.2) is 42.7 Å². The van der Waals surface area contributed by atoms with Crippen LogP contribution >= 0.6 is 0 Å². The van der Waals surface area contributed by atoms with Crippen LogP contribution in [-0.2, 0) is 0 Å². The summed E-state index contributed by atoms with van der Waals surface area (Å²) in [5, 5.41) is 5.62. The molecule has 0 aliphatic carbocycles. The van der Waals surface area contributed by atoms with Gasteiger partial charge in [0.1, 0.15) is 0 Å². The molecule has 0 spiro atoms. The Morgan fingerprint density at radius 2 is 1.91 bits per heavy atom. The maximum Gasteiger partial charge on any atom is 0.323 e. The third kappa shape index (κ3) is 5.14. The van der Waals surface area contributed by atoms with E-state index in [2.05, 4.69) is 40.4 Å². The highest BCUT2D eigenvalue weighted by molar-refractivity contribution is 6.00. The molecular formula is C17H22ClN4O-. The Kier molecular flexibility index (Phi) is 7.35. The van der Waals surface area contributed by atoms with Crippen LogP contribution in [0.3, 0.4) is 0 Å². The standard InChI is InChI=1S/C17H22N4O.ClH/c1-4-21(5-2)15-8-9-16(13(3)11-15)20-17(22)19-14-7-6-10-18-12-14;/h6-12H,4-5H2,1-3H3,(H2,19,20,22);1H/p-1. The van der Waals surface area contributed by atoms with Gasteiger partial charge >= 0.3 is 6.03 Å². The summed E-state index contributed by atoms with van der Waals surface area (Å²) in [5.41, 5.74) is 3.67. The number of carbonyl (C=O) groups is 1. The van der Waals surface area contributed by atoms with Gasteiger partial charge in [-0.1, -0.05) is 0 Å². The van der Waals surface area contributed by atoms with E-state index in [1.807, 2.05) is 19.1 Å². The first-order valence-electron chi connectivity index (χ1n) is 7.47. The average Bonchev–Trinajstić information content (AvgIpc) is 2.52. The Balaban J connectivity index is 0.00000264. The number of aromatic nitrogens is 1. The van der Waals surface area contributed by atoms with Crippen LogP contribution in [0.4, 0.5) is 21.9 Å². The minimum absolute atomic E-state index is 0. The fourth-order valence-corrected chi connectivity index (χ4v) is 2.29. The molecule has 1 aromatic heterocycles. The number of benzene rings is 1. The number of nitrogens with one attached hydrogen (secondary N) is 2. The first-order chi connectivity index (χ1) is 10.6. The molecule has 5 nitrogen and oxygen atoms in total. The number of anilines is 3. The minimum Gasteiger partial charge on any atom is -1.00 e. The second-order valence-corrected chi connectivity index (χ2v) is 4.99. The lowest BCUT2D eigenvalue weighted by Crippen LogP contribution is -3.00. The van der Waals surface area contributed by atoms with Gasteiger partial charge in [-0.05, 0) is 56.7 Å². The normalized spacial score (nSPS) is 9.70. The SMILES string of the molecule is CCN(CC)c1ccc(NC(=O)Nc2cccnc2)c(C)c1.[Cl-]. The van der Waals surface area contributed by atoms with Crippen LogP contribution in [0.1, 0.15) is 19.4 Å². The molecule has 0 aliphatic heterocycles.